The van der Waals surface area contributed by atoms with Gasteiger partial charge in [0.05, 0.1) is 13.2 Å². The maximum absolute atomic E-state index is 10.9. The SMILES string of the molecule is C=CC(=O)OCCNC(=O)OCCCO. The fourth-order valence-corrected chi connectivity index (χ4v) is 0.644. The lowest BCUT2D eigenvalue weighted by molar-refractivity contribution is -0.137. The number of hydrogen-bond donors (Lipinski definition) is 2. The fraction of sp³-hybridized carbons (Fsp3) is 0.556. The number of ether oxygens (including phenoxy) is 2. The van der Waals surface area contributed by atoms with Crippen LogP contribution in [0.25, 0.3) is 0 Å². The molecule has 0 radical (unpaired) electrons. The maximum atomic E-state index is 10.9. The van der Waals surface area contributed by atoms with Gasteiger partial charge in [0.2, 0.25) is 0 Å². The summed E-state index contributed by atoms with van der Waals surface area (Å²) >= 11 is 0. The van der Waals surface area contributed by atoms with Crippen molar-refractivity contribution in [1.82, 2.24) is 5.32 Å². The molecule has 0 bridgehead atoms. The summed E-state index contributed by atoms with van der Waals surface area (Å²) < 4.78 is 9.25. The van der Waals surface area contributed by atoms with Gasteiger partial charge in [-0.1, -0.05) is 6.58 Å². The molecule has 0 aliphatic carbocycles. The molecule has 0 aromatic carbocycles. The molecular weight excluding hydrogens is 202 g/mol. The minimum atomic E-state index is -0.599. The van der Waals surface area contributed by atoms with E-state index in [0.29, 0.717) is 6.42 Å². The molecular formula is C9H15NO5. The lowest BCUT2D eigenvalue weighted by atomic mass is 10.5. The second kappa shape index (κ2) is 9.01. The molecule has 0 rings (SSSR count). The summed E-state index contributed by atoms with van der Waals surface area (Å²) in [7, 11) is 0. The summed E-state index contributed by atoms with van der Waals surface area (Å²) in [4.78, 5) is 21.4. The number of rotatable bonds is 7. The first-order chi connectivity index (χ1) is 7.20. The zero-order valence-corrected chi connectivity index (χ0v) is 8.40. The molecule has 6 heteroatoms. The summed E-state index contributed by atoms with van der Waals surface area (Å²) in [5.74, 6) is -0.537. The number of hydrogen-bond acceptors (Lipinski definition) is 5. The first-order valence-corrected chi connectivity index (χ1v) is 4.51. The summed E-state index contributed by atoms with van der Waals surface area (Å²) in [6, 6.07) is 0. The first-order valence-electron chi connectivity index (χ1n) is 4.51. The highest BCUT2D eigenvalue weighted by Crippen LogP contribution is 1.83. The van der Waals surface area contributed by atoms with Crippen molar-refractivity contribution >= 4 is 12.1 Å². The number of aliphatic hydroxyl groups excluding tert-OH is 1. The molecule has 0 aliphatic rings. The number of aliphatic hydroxyl groups is 1. The monoisotopic (exact) mass is 217 g/mol. The predicted octanol–water partition coefficient (Wildman–Crippen LogP) is -0.176. The van der Waals surface area contributed by atoms with Crippen LogP contribution in [-0.2, 0) is 14.3 Å². The van der Waals surface area contributed by atoms with E-state index in [1.54, 1.807) is 0 Å². The molecule has 6 nitrogen and oxygen atoms in total. The van der Waals surface area contributed by atoms with Crippen LogP contribution in [0.5, 0.6) is 0 Å². The lowest BCUT2D eigenvalue weighted by Gasteiger charge is -2.06. The van der Waals surface area contributed by atoms with E-state index in [-0.39, 0.29) is 26.4 Å². The number of carbonyl (C=O) groups excluding carboxylic acids is 2. The summed E-state index contributed by atoms with van der Waals surface area (Å²) in [5.41, 5.74) is 0. The summed E-state index contributed by atoms with van der Waals surface area (Å²) in [6.45, 7) is 3.60. The summed E-state index contributed by atoms with van der Waals surface area (Å²) in [6.07, 6.45) is 0.844. The quantitative estimate of drug-likeness (QED) is 0.351. The van der Waals surface area contributed by atoms with Crippen molar-refractivity contribution < 1.29 is 24.2 Å². The summed E-state index contributed by atoms with van der Waals surface area (Å²) in [5, 5.41) is 10.8. The molecule has 0 fully saturated rings. The van der Waals surface area contributed by atoms with E-state index in [2.05, 4.69) is 21.4 Å². The third kappa shape index (κ3) is 8.76. The highest BCUT2D eigenvalue weighted by Gasteiger charge is 2.01. The average molecular weight is 217 g/mol. The van der Waals surface area contributed by atoms with E-state index in [4.69, 9.17) is 5.11 Å². The Labute approximate surface area is 87.9 Å². The standard InChI is InChI=1S/C9H15NO5/c1-2-8(12)14-7-4-10-9(13)15-6-3-5-11/h2,11H,1,3-7H2,(H,10,13). The third-order valence-corrected chi connectivity index (χ3v) is 1.32. The third-order valence-electron chi connectivity index (χ3n) is 1.32. The Morgan fingerprint density at radius 1 is 1.33 bits per heavy atom. The Morgan fingerprint density at radius 3 is 2.67 bits per heavy atom. The normalized spacial score (nSPS) is 9.13. The van der Waals surface area contributed by atoms with Gasteiger partial charge in [-0.25, -0.2) is 9.59 Å². The smallest absolute Gasteiger partial charge is 0.407 e. The molecule has 0 saturated heterocycles. The maximum Gasteiger partial charge on any atom is 0.407 e. The minimum absolute atomic E-state index is 0.0236. The largest absolute Gasteiger partial charge is 0.461 e. The molecule has 0 aliphatic heterocycles. The van der Waals surface area contributed by atoms with Crippen molar-refractivity contribution in [3.8, 4) is 0 Å². The molecule has 1 amide bonds. The van der Waals surface area contributed by atoms with Gasteiger partial charge in [0.15, 0.2) is 0 Å². The minimum Gasteiger partial charge on any atom is -0.461 e. The molecule has 86 valence electrons. The van der Waals surface area contributed by atoms with Crippen LogP contribution in [0, 0.1) is 0 Å². The van der Waals surface area contributed by atoms with Gasteiger partial charge in [-0.3, -0.25) is 0 Å². The van der Waals surface area contributed by atoms with E-state index < -0.39 is 12.1 Å². The van der Waals surface area contributed by atoms with Gasteiger partial charge in [-0.05, 0) is 0 Å². The first kappa shape index (κ1) is 13.4. The highest BCUT2D eigenvalue weighted by atomic mass is 16.6. The lowest BCUT2D eigenvalue weighted by Crippen LogP contribution is -2.28. The van der Waals surface area contributed by atoms with Crippen molar-refractivity contribution in [2.75, 3.05) is 26.4 Å². The number of esters is 1. The van der Waals surface area contributed by atoms with Crippen molar-refractivity contribution in [2.24, 2.45) is 0 Å². The van der Waals surface area contributed by atoms with Crippen LogP contribution in [0.1, 0.15) is 6.42 Å². The van der Waals surface area contributed by atoms with Crippen LogP contribution >= 0.6 is 0 Å². The van der Waals surface area contributed by atoms with E-state index in [1.165, 1.54) is 0 Å². The molecule has 0 spiro atoms. The molecule has 0 heterocycles. The van der Waals surface area contributed by atoms with Gasteiger partial charge < -0.3 is 19.9 Å². The molecule has 0 saturated carbocycles. The highest BCUT2D eigenvalue weighted by molar-refractivity contribution is 5.81. The van der Waals surface area contributed by atoms with Crippen LogP contribution in [0.3, 0.4) is 0 Å². The van der Waals surface area contributed by atoms with Crippen molar-refractivity contribution in [3.63, 3.8) is 0 Å². The van der Waals surface area contributed by atoms with Gasteiger partial charge in [-0.2, -0.15) is 0 Å². The number of amides is 1. The number of carbonyl (C=O) groups is 2. The topological polar surface area (TPSA) is 84.9 Å². The van der Waals surface area contributed by atoms with E-state index >= 15 is 0 Å². The zero-order chi connectivity index (χ0) is 11.5. The van der Waals surface area contributed by atoms with Crippen LogP contribution in [-0.4, -0.2) is 43.5 Å². The van der Waals surface area contributed by atoms with E-state index in [0.717, 1.165) is 6.08 Å². The van der Waals surface area contributed by atoms with Crippen molar-refractivity contribution in [3.05, 3.63) is 12.7 Å². The molecule has 0 aromatic rings. The van der Waals surface area contributed by atoms with Gasteiger partial charge in [0, 0.05) is 19.1 Å². The van der Waals surface area contributed by atoms with Gasteiger partial charge in [-0.15, -0.1) is 0 Å². The second-order valence-electron chi connectivity index (χ2n) is 2.51. The van der Waals surface area contributed by atoms with E-state index in [1.807, 2.05) is 0 Å². The Hall–Kier alpha value is -1.56. The van der Waals surface area contributed by atoms with Crippen LogP contribution in [0.2, 0.25) is 0 Å². The van der Waals surface area contributed by atoms with Crippen LogP contribution in [0.4, 0.5) is 4.79 Å². The fourth-order valence-electron chi connectivity index (χ4n) is 0.644. The van der Waals surface area contributed by atoms with Crippen molar-refractivity contribution in [1.29, 1.82) is 0 Å². The molecule has 15 heavy (non-hydrogen) atoms. The molecule has 0 atom stereocenters. The Bertz CT molecular complexity index is 217. The zero-order valence-electron chi connectivity index (χ0n) is 8.40. The Kier molecular flexibility index (Phi) is 8.08. The van der Waals surface area contributed by atoms with Gasteiger partial charge >= 0.3 is 12.1 Å². The molecule has 0 aromatic heterocycles. The number of alkyl carbamates (subject to hydrolysis) is 1. The second-order valence-corrected chi connectivity index (χ2v) is 2.51. The molecule has 0 unspecified atom stereocenters. The van der Waals surface area contributed by atoms with Gasteiger partial charge in [0.1, 0.15) is 6.61 Å². The van der Waals surface area contributed by atoms with E-state index in [9.17, 15) is 9.59 Å². The molecule has 2 N–H and O–H groups in total. The van der Waals surface area contributed by atoms with Crippen LogP contribution < -0.4 is 5.32 Å². The predicted molar refractivity (Wildman–Crippen MR) is 52.2 cm³/mol. The number of nitrogens with one attached hydrogen (secondary N) is 1. The van der Waals surface area contributed by atoms with Crippen molar-refractivity contribution in [2.45, 2.75) is 6.42 Å². The Balaban J connectivity index is 3.31. The van der Waals surface area contributed by atoms with Gasteiger partial charge in [0.25, 0.3) is 0 Å². The van der Waals surface area contributed by atoms with Crippen LogP contribution in [0.15, 0.2) is 12.7 Å². The Morgan fingerprint density at radius 2 is 2.07 bits per heavy atom. The average Bonchev–Trinajstić information content (AvgIpc) is 2.24.